The summed E-state index contributed by atoms with van der Waals surface area (Å²) in [6.07, 6.45) is 2.03. The van der Waals surface area contributed by atoms with Crippen molar-refractivity contribution in [1.29, 1.82) is 0 Å². The van der Waals surface area contributed by atoms with E-state index in [-0.39, 0.29) is 18.7 Å². The third kappa shape index (κ3) is 3.92. The molecule has 1 unspecified atom stereocenters. The number of benzene rings is 1. The molecule has 2 rings (SSSR count). The molecule has 0 radical (unpaired) electrons. The molecule has 5 heteroatoms. The first-order valence-corrected chi connectivity index (χ1v) is 5.99. The van der Waals surface area contributed by atoms with Crippen molar-refractivity contribution in [2.24, 2.45) is 0 Å². The normalized spacial score (nSPS) is 18.6. The van der Waals surface area contributed by atoms with Crippen molar-refractivity contribution in [2.45, 2.75) is 18.9 Å². The lowest BCUT2D eigenvalue weighted by molar-refractivity contribution is -0.149. The van der Waals surface area contributed by atoms with E-state index in [1.54, 1.807) is 24.3 Å². The van der Waals surface area contributed by atoms with Gasteiger partial charge >= 0.3 is 5.97 Å². The van der Waals surface area contributed by atoms with Crippen molar-refractivity contribution in [3.63, 3.8) is 0 Å². The second kappa shape index (κ2) is 6.26. The zero-order valence-electron chi connectivity index (χ0n) is 10.1. The lowest BCUT2D eigenvalue weighted by Crippen LogP contribution is -2.21. The predicted molar refractivity (Wildman–Crippen MR) is 66.3 cm³/mol. The number of nitrogen functional groups attached to an aromatic ring is 1. The third-order valence-corrected chi connectivity index (χ3v) is 2.69. The fourth-order valence-corrected chi connectivity index (χ4v) is 1.71. The highest BCUT2D eigenvalue weighted by atomic mass is 16.6. The number of hydrogen-bond acceptors (Lipinski definition) is 5. The topological polar surface area (TPSA) is 70.8 Å². The molecular weight excluding hydrogens is 234 g/mol. The first kappa shape index (κ1) is 12.7. The average Bonchev–Trinajstić information content (AvgIpc) is 2.89. The molecule has 18 heavy (non-hydrogen) atoms. The fraction of sp³-hybridized carbons (Fsp3) is 0.462. The van der Waals surface area contributed by atoms with Crippen molar-refractivity contribution in [2.75, 3.05) is 25.6 Å². The first-order valence-electron chi connectivity index (χ1n) is 5.99. The summed E-state index contributed by atoms with van der Waals surface area (Å²) in [6.45, 7) is 0.963. The Hall–Kier alpha value is -1.75. The Labute approximate surface area is 106 Å². The van der Waals surface area contributed by atoms with Gasteiger partial charge in [0.1, 0.15) is 12.4 Å². The van der Waals surface area contributed by atoms with Gasteiger partial charge in [0.15, 0.2) is 6.61 Å². The van der Waals surface area contributed by atoms with Crippen LogP contribution in [-0.2, 0) is 14.3 Å². The van der Waals surface area contributed by atoms with Gasteiger partial charge in [-0.3, -0.25) is 0 Å². The summed E-state index contributed by atoms with van der Waals surface area (Å²) in [4.78, 5) is 11.4. The minimum Gasteiger partial charge on any atom is -0.482 e. The molecule has 2 N–H and O–H groups in total. The highest BCUT2D eigenvalue weighted by Gasteiger charge is 2.17. The molecule has 1 aliphatic heterocycles. The molecule has 1 aromatic rings. The highest BCUT2D eigenvalue weighted by Crippen LogP contribution is 2.14. The van der Waals surface area contributed by atoms with E-state index in [1.807, 2.05) is 0 Å². The zero-order valence-corrected chi connectivity index (χ0v) is 10.1. The molecule has 0 bridgehead atoms. The SMILES string of the molecule is Nc1ccc(OCC(=O)OCC2CCCO2)cc1. The quantitative estimate of drug-likeness (QED) is 0.632. The van der Waals surface area contributed by atoms with E-state index in [4.69, 9.17) is 19.9 Å². The van der Waals surface area contributed by atoms with E-state index in [9.17, 15) is 4.79 Å². The Morgan fingerprint density at radius 1 is 1.39 bits per heavy atom. The van der Waals surface area contributed by atoms with E-state index in [0.717, 1.165) is 19.4 Å². The lowest BCUT2D eigenvalue weighted by Gasteiger charge is -2.10. The number of nitrogens with two attached hydrogens (primary N) is 1. The smallest absolute Gasteiger partial charge is 0.344 e. The molecular formula is C13H17NO4. The number of esters is 1. The number of ether oxygens (including phenoxy) is 3. The molecule has 0 spiro atoms. The Balaban J connectivity index is 1.66. The van der Waals surface area contributed by atoms with Crippen LogP contribution in [0.4, 0.5) is 5.69 Å². The monoisotopic (exact) mass is 251 g/mol. The van der Waals surface area contributed by atoms with Crippen LogP contribution < -0.4 is 10.5 Å². The molecule has 1 atom stereocenters. The van der Waals surface area contributed by atoms with Gasteiger partial charge in [-0.1, -0.05) is 0 Å². The highest BCUT2D eigenvalue weighted by molar-refractivity contribution is 5.71. The van der Waals surface area contributed by atoms with Gasteiger partial charge in [0.25, 0.3) is 0 Å². The van der Waals surface area contributed by atoms with Crippen LogP contribution in [0.25, 0.3) is 0 Å². The first-order chi connectivity index (χ1) is 8.74. The molecule has 0 saturated carbocycles. The van der Waals surface area contributed by atoms with Gasteiger partial charge in [-0.05, 0) is 37.1 Å². The summed E-state index contributed by atoms with van der Waals surface area (Å²) in [5, 5.41) is 0. The third-order valence-electron chi connectivity index (χ3n) is 2.69. The maximum Gasteiger partial charge on any atom is 0.344 e. The van der Waals surface area contributed by atoms with E-state index in [0.29, 0.717) is 18.0 Å². The van der Waals surface area contributed by atoms with E-state index in [1.165, 1.54) is 0 Å². The summed E-state index contributed by atoms with van der Waals surface area (Å²) in [6, 6.07) is 6.85. The summed E-state index contributed by atoms with van der Waals surface area (Å²) in [5.74, 6) is 0.209. The second-order valence-corrected chi connectivity index (χ2v) is 4.18. The van der Waals surface area contributed by atoms with Crippen molar-refractivity contribution in [3.05, 3.63) is 24.3 Å². The van der Waals surface area contributed by atoms with Gasteiger partial charge in [0.2, 0.25) is 0 Å². The minimum absolute atomic E-state index is 0.0467. The van der Waals surface area contributed by atoms with Gasteiger partial charge in [-0.15, -0.1) is 0 Å². The largest absolute Gasteiger partial charge is 0.482 e. The van der Waals surface area contributed by atoms with Gasteiger partial charge in [0.05, 0.1) is 6.10 Å². The number of rotatable bonds is 5. The molecule has 1 aromatic carbocycles. The Bertz CT molecular complexity index is 384. The molecule has 98 valence electrons. The molecule has 0 aliphatic carbocycles. The molecule has 1 saturated heterocycles. The zero-order chi connectivity index (χ0) is 12.8. The molecule has 1 heterocycles. The average molecular weight is 251 g/mol. The maximum absolute atomic E-state index is 11.4. The summed E-state index contributed by atoms with van der Waals surface area (Å²) >= 11 is 0. The summed E-state index contributed by atoms with van der Waals surface area (Å²) in [5.41, 5.74) is 6.19. The maximum atomic E-state index is 11.4. The Morgan fingerprint density at radius 2 is 2.17 bits per heavy atom. The molecule has 5 nitrogen and oxygen atoms in total. The Morgan fingerprint density at radius 3 is 2.83 bits per heavy atom. The summed E-state index contributed by atoms with van der Waals surface area (Å²) in [7, 11) is 0. The van der Waals surface area contributed by atoms with Crippen LogP contribution in [-0.4, -0.2) is 31.9 Å². The van der Waals surface area contributed by atoms with Crippen LogP contribution in [0.15, 0.2) is 24.3 Å². The van der Waals surface area contributed by atoms with Crippen molar-refractivity contribution >= 4 is 11.7 Å². The fourth-order valence-electron chi connectivity index (χ4n) is 1.71. The molecule has 1 fully saturated rings. The van der Waals surface area contributed by atoms with Gasteiger partial charge in [0, 0.05) is 12.3 Å². The van der Waals surface area contributed by atoms with Crippen molar-refractivity contribution < 1.29 is 19.0 Å². The van der Waals surface area contributed by atoms with Gasteiger partial charge in [-0.25, -0.2) is 4.79 Å². The number of anilines is 1. The number of carbonyl (C=O) groups is 1. The molecule has 0 aromatic heterocycles. The number of hydrogen-bond donors (Lipinski definition) is 1. The molecule has 1 aliphatic rings. The lowest BCUT2D eigenvalue weighted by atomic mass is 10.2. The molecule has 0 amide bonds. The van der Waals surface area contributed by atoms with Crippen LogP contribution in [0, 0.1) is 0 Å². The minimum atomic E-state index is -0.387. The van der Waals surface area contributed by atoms with Crippen LogP contribution in [0.2, 0.25) is 0 Å². The van der Waals surface area contributed by atoms with Gasteiger partial charge in [-0.2, -0.15) is 0 Å². The van der Waals surface area contributed by atoms with E-state index < -0.39 is 0 Å². The Kier molecular flexibility index (Phi) is 4.41. The summed E-state index contributed by atoms with van der Waals surface area (Å²) < 4.78 is 15.7. The second-order valence-electron chi connectivity index (χ2n) is 4.18. The van der Waals surface area contributed by atoms with Crippen LogP contribution in [0.5, 0.6) is 5.75 Å². The van der Waals surface area contributed by atoms with Gasteiger partial charge < -0.3 is 19.9 Å². The predicted octanol–water partition coefficient (Wildman–Crippen LogP) is 1.37. The van der Waals surface area contributed by atoms with E-state index in [2.05, 4.69) is 0 Å². The van der Waals surface area contributed by atoms with Crippen LogP contribution >= 0.6 is 0 Å². The van der Waals surface area contributed by atoms with Crippen molar-refractivity contribution in [1.82, 2.24) is 0 Å². The van der Waals surface area contributed by atoms with Crippen LogP contribution in [0.1, 0.15) is 12.8 Å². The van der Waals surface area contributed by atoms with Crippen molar-refractivity contribution in [3.8, 4) is 5.75 Å². The number of carbonyl (C=O) groups excluding carboxylic acids is 1. The van der Waals surface area contributed by atoms with E-state index >= 15 is 0 Å². The standard InChI is InChI=1S/C13H17NO4/c14-10-3-5-11(6-4-10)17-9-13(15)18-8-12-2-1-7-16-12/h3-6,12H,1-2,7-9,14H2. The van der Waals surface area contributed by atoms with Crippen LogP contribution in [0.3, 0.4) is 0 Å².